The van der Waals surface area contributed by atoms with Crippen molar-refractivity contribution in [3.8, 4) is 0 Å². The topological polar surface area (TPSA) is 61.4 Å². The van der Waals surface area contributed by atoms with Crippen molar-refractivity contribution in [3.05, 3.63) is 30.1 Å². The average molecular weight is 266 g/mol. The fraction of sp³-hybridized carbons (Fsp3) is 0.500. The summed E-state index contributed by atoms with van der Waals surface area (Å²) >= 11 is 0. The molecule has 0 bridgehead atoms. The molecule has 1 aliphatic rings. The Labute approximate surface area is 112 Å². The largest absolute Gasteiger partial charge is 0.393 e. The lowest BCUT2D eigenvalue weighted by atomic mass is 10.1. The summed E-state index contributed by atoms with van der Waals surface area (Å²) in [5, 5.41) is 15.2. The zero-order valence-corrected chi connectivity index (χ0v) is 10.7. The van der Waals surface area contributed by atoms with E-state index >= 15 is 0 Å². The predicted octanol–water partition coefficient (Wildman–Crippen LogP) is 1.51. The monoisotopic (exact) mass is 266 g/mol. The average Bonchev–Trinajstić information content (AvgIpc) is 2.78. The highest BCUT2D eigenvalue weighted by Gasteiger charge is 2.22. The molecule has 5 heteroatoms. The Morgan fingerprint density at radius 3 is 2.68 bits per heavy atom. The van der Waals surface area contributed by atoms with Gasteiger partial charge in [0.15, 0.2) is 0 Å². The number of anilines is 1. The molecule has 0 spiro atoms. The van der Waals surface area contributed by atoms with Crippen LogP contribution >= 0.6 is 0 Å². The van der Waals surface area contributed by atoms with E-state index in [0.29, 0.717) is 11.6 Å². The van der Waals surface area contributed by atoms with Gasteiger partial charge in [0.1, 0.15) is 5.82 Å². The second kappa shape index (κ2) is 6.63. The van der Waals surface area contributed by atoms with Gasteiger partial charge in [-0.15, -0.1) is 0 Å². The number of hydrogen-bond acceptors (Lipinski definition) is 3. The van der Waals surface area contributed by atoms with Crippen LogP contribution in [-0.4, -0.2) is 30.2 Å². The van der Waals surface area contributed by atoms with Crippen molar-refractivity contribution < 1.29 is 14.3 Å². The van der Waals surface area contributed by atoms with E-state index in [1.807, 2.05) is 0 Å². The summed E-state index contributed by atoms with van der Waals surface area (Å²) in [6, 6.07) is 5.67. The Hall–Kier alpha value is -1.46. The Morgan fingerprint density at radius 1 is 1.32 bits per heavy atom. The van der Waals surface area contributed by atoms with Gasteiger partial charge in [-0.3, -0.25) is 4.79 Å². The van der Waals surface area contributed by atoms with Gasteiger partial charge in [0.25, 0.3) is 0 Å². The van der Waals surface area contributed by atoms with E-state index in [2.05, 4.69) is 10.6 Å². The van der Waals surface area contributed by atoms with Crippen molar-refractivity contribution >= 4 is 11.6 Å². The molecule has 0 aliphatic heterocycles. The summed E-state index contributed by atoms with van der Waals surface area (Å²) in [7, 11) is 0. The van der Waals surface area contributed by atoms with Crippen molar-refractivity contribution in [2.75, 3.05) is 18.4 Å². The van der Waals surface area contributed by atoms with E-state index in [1.54, 1.807) is 0 Å². The van der Waals surface area contributed by atoms with Gasteiger partial charge in [0.2, 0.25) is 5.91 Å². The van der Waals surface area contributed by atoms with Gasteiger partial charge >= 0.3 is 0 Å². The van der Waals surface area contributed by atoms with Gasteiger partial charge in [-0.05, 0) is 56.0 Å². The molecule has 1 aromatic carbocycles. The molecule has 1 aliphatic carbocycles. The van der Waals surface area contributed by atoms with E-state index in [0.717, 1.165) is 25.8 Å². The van der Waals surface area contributed by atoms with Gasteiger partial charge < -0.3 is 15.7 Å². The Bertz CT molecular complexity index is 422. The molecular weight excluding hydrogens is 247 g/mol. The second-order valence-electron chi connectivity index (χ2n) is 5.02. The van der Waals surface area contributed by atoms with E-state index in [-0.39, 0.29) is 24.4 Å². The summed E-state index contributed by atoms with van der Waals surface area (Å²) in [6.07, 6.45) is 2.49. The molecule has 0 radical (unpaired) electrons. The lowest BCUT2D eigenvalue weighted by Crippen LogP contribution is -2.31. The van der Waals surface area contributed by atoms with Crippen LogP contribution in [0.1, 0.15) is 19.3 Å². The maximum atomic E-state index is 12.7. The standard InChI is InChI=1S/C14H19FN2O2/c15-11-2-4-12(5-3-11)17-14(19)9-16-8-10-1-6-13(18)7-10/h2-5,10,13,16,18H,1,6-9H2,(H,17,19). The molecule has 0 heterocycles. The highest BCUT2D eigenvalue weighted by atomic mass is 19.1. The third-order valence-electron chi connectivity index (χ3n) is 3.36. The van der Waals surface area contributed by atoms with Crippen LogP contribution in [0.2, 0.25) is 0 Å². The Kier molecular flexibility index (Phi) is 4.87. The van der Waals surface area contributed by atoms with E-state index < -0.39 is 0 Å². The lowest BCUT2D eigenvalue weighted by molar-refractivity contribution is -0.115. The summed E-state index contributed by atoms with van der Waals surface area (Å²) in [5.41, 5.74) is 0.587. The zero-order chi connectivity index (χ0) is 13.7. The number of aliphatic hydroxyl groups is 1. The van der Waals surface area contributed by atoms with Crippen molar-refractivity contribution in [2.24, 2.45) is 5.92 Å². The Morgan fingerprint density at radius 2 is 2.05 bits per heavy atom. The Balaban J connectivity index is 1.66. The third-order valence-corrected chi connectivity index (χ3v) is 3.36. The van der Waals surface area contributed by atoms with Crippen LogP contribution in [0.15, 0.2) is 24.3 Å². The zero-order valence-electron chi connectivity index (χ0n) is 10.7. The minimum Gasteiger partial charge on any atom is -0.393 e. The molecule has 2 atom stereocenters. The molecule has 3 N–H and O–H groups in total. The van der Waals surface area contributed by atoms with Crippen LogP contribution in [0.25, 0.3) is 0 Å². The highest BCUT2D eigenvalue weighted by molar-refractivity contribution is 5.92. The minimum atomic E-state index is -0.323. The van der Waals surface area contributed by atoms with Gasteiger partial charge in [0.05, 0.1) is 12.6 Å². The van der Waals surface area contributed by atoms with E-state index in [4.69, 9.17) is 0 Å². The van der Waals surface area contributed by atoms with Crippen molar-refractivity contribution in [2.45, 2.75) is 25.4 Å². The first kappa shape index (κ1) is 14.0. The molecule has 104 valence electrons. The molecule has 2 rings (SSSR count). The summed E-state index contributed by atoms with van der Waals surface area (Å²) in [6.45, 7) is 0.970. The van der Waals surface area contributed by atoms with Gasteiger partial charge in [0, 0.05) is 5.69 Å². The molecule has 0 saturated heterocycles. The van der Waals surface area contributed by atoms with E-state index in [1.165, 1.54) is 24.3 Å². The number of benzene rings is 1. The first-order chi connectivity index (χ1) is 9.13. The molecule has 2 unspecified atom stereocenters. The number of hydrogen-bond donors (Lipinski definition) is 3. The fourth-order valence-corrected chi connectivity index (χ4v) is 2.36. The number of carbonyl (C=O) groups is 1. The second-order valence-corrected chi connectivity index (χ2v) is 5.02. The third kappa shape index (κ3) is 4.61. The van der Waals surface area contributed by atoms with E-state index in [9.17, 15) is 14.3 Å². The maximum absolute atomic E-state index is 12.7. The molecule has 1 saturated carbocycles. The first-order valence-electron chi connectivity index (χ1n) is 6.57. The highest BCUT2D eigenvalue weighted by Crippen LogP contribution is 2.24. The molecule has 4 nitrogen and oxygen atoms in total. The summed E-state index contributed by atoms with van der Waals surface area (Å²) < 4.78 is 12.7. The number of halogens is 1. The lowest BCUT2D eigenvalue weighted by Gasteiger charge is -2.11. The van der Waals surface area contributed by atoms with Gasteiger partial charge in [-0.25, -0.2) is 4.39 Å². The number of carbonyl (C=O) groups excluding carboxylic acids is 1. The van der Waals surface area contributed by atoms with Crippen molar-refractivity contribution in [1.82, 2.24) is 5.32 Å². The summed E-state index contributed by atoms with van der Waals surface area (Å²) in [4.78, 5) is 11.6. The normalized spacial score (nSPS) is 22.4. The number of aliphatic hydroxyl groups excluding tert-OH is 1. The molecule has 1 aromatic rings. The van der Waals surface area contributed by atoms with Gasteiger partial charge in [-0.1, -0.05) is 0 Å². The van der Waals surface area contributed by atoms with Crippen LogP contribution < -0.4 is 10.6 Å². The number of rotatable bonds is 5. The quantitative estimate of drug-likeness (QED) is 0.757. The number of nitrogens with one attached hydrogen (secondary N) is 2. The van der Waals surface area contributed by atoms with Gasteiger partial charge in [-0.2, -0.15) is 0 Å². The summed E-state index contributed by atoms with van der Waals surface area (Å²) in [5.74, 6) is -0.0188. The minimum absolute atomic E-state index is 0.148. The first-order valence-corrected chi connectivity index (χ1v) is 6.57. The van der Waals surface area contributed by atoms with Crippen LogP contribution in [-0.2, 0) is 4.79 Å². The van der Waals surface area contributed by atoms with Crippen molar-refractivity contribution in [3.63, 3.8) is 0 Å². The van der Waals surface area contributed by atoms with Crippen LogP contribution in [0.5, 0.6) is 0 Å². The SMILES string of the molecule is O=C(CNCC1CCC(O)C1)Nc1ccc(F)cc1. The molecule has 0 aromatic heterocycles. The molecule has 19 heavy (non-hydrogen) atoms. The molecule has 1 fully saturated rings. The maximum Gasteiger partial charge on any atom is 0.238 e. The number of amides is 1. The fourth-order valence-electron chi connectivity index (χ4n) is 2.36. The molecule has 1 amide bonds. The molecular formula is C14H19FN2O2. The van der Waals surface area contributed by atoms with Crippen LogP contribution in [0.3, 0.4) is 0 Å². The van der Waals surface area contributed by atoms with Crippen LogP contribution in [0.4, 0.5) is 10.1 Å². The predicted molar refractivity (Wildman–Crippen MR) is 71.2 cm³/mol. The van der Waals surface area contributed by atoms with Crippen LogP contribution in [0, 0.1) is 11.7 Å². The van der Waals surface area contributed by atoms with Crippen molar-refractivity contribution in [1.29, 1.82) is 0 Å². The smallest absolute Gasteiger partial charge is 0.238 e.